The van der Waals surface area contributed by atoms with E-state index in [1.54, 1.807) is 13.8 Å². The number of amides is 4. The summed E-state index contributed by atoms with van der Waals surface area (Å²) in [6.45, 7) is 3.59. The maximum Gasteiger partial charge on any atom is 0.328 e. The van der Waals surface area contributed by atoms with Gasteiger partial charge in [-0.2, -0.15) is 0 Å². The first-order valence-electron chi connectivity index (χ1n) is 9.28. The fourth-order valence-electron chi connectivity index (χ4n) is 2.28. The number of nitrogens with two attached hydrogens (primary N) is 2. The first-order valence-corrected chi connectivity index (χ1v) is 9.28. The normalized spacial score (nSPS) is 16.0. The molecular weight excluding hydrogens is 402 g/mol. The maximum absolute atomic E-state index is 12.7. The van der Waals surface area contributed by atoms with Crippen molar-refractivity contribution in [1.82, 2.24) is 16.0 Å². The minimum Gasteiger partial charge on any atom is -0.480 e. The smallest absolute Gasteiger partial charge is 0.328 e. The Morgan fingerprint density at radius 3 is 1.83 bits per heavy atom. The van der Waals surface area contributed by atoms with E-state index in [4.69, 9.17) is 21.7 Å². The molecule has 13 heteroatoms. The molecular formula is C17H31N5O8. The van der Waals surface area contributed by atoms with Crippen LogP contribution in [0.25, 0.3) is 0 Å². The molecule has 0 aromatic heterocycles. The van der Waals surface area contributed by atoms with Crippen molar-refractivity contribution in [2.24, 2.45) is 17.4 Å². The summed E-state index contributed by atoms with van der Waals surface area (Å²) in [6, 6.07) is -5.40. The molecule has 172 valence electrons. The molecule has 30 heavy (non-hydrogen) atoms. The van der Waals surface area contributed by atoms with Gasteiger partial charge in [0.05, 0.1) is 12.7 Å². The quantitative estimate of drug-likeness (QED) is 0.142. The Labute approximate surface area is 173 Å². The first-order chi connectivity index (χ1) is 13.8. The van der Waals surface area contributed by atoms with Crippen molar-refractivity contribution in [2.45, 2.75) is 63.9 Å². The lowest BCUT2D eigenvalue weighted by Gasteiger charge is -2.27. The van der Waals surface area contributed by atoms with Crippen LogP contribution in [-0.4, -0.2) is 81.8 Å². The summed E-state index contributed by atoms with van der Waals surface area (Å²) in [6.07, 6.45) is -1.65. The van der Waals surface area contributed by atoms with Crippen LogP contribution in [0.1, 0.15) is 33.6 Å². The van der Waals surface area contributed by atoms with E-state index in [1.807, 2.05) is 0 Å². The highest BCUT2D eigenvalue weighted by Crippen LogP contribution is 2.06. The molecule has 0 aromatic carbocycles. The molecule has 0 rings (SSSR count). The molecule has 0 radical (unpaired) electrons. The van der Waals surface area contributed by atoms with E-state index in [0.717, 1.165) is 0 Å². The van der Waals surface area contributed by atoms with Gasteiger partial charge in [0.25, 0.3) is 0 Å². The van der Waals surface area contributed by atoms with Crippen molar-refractivity contribution in [3.8, 4) is 0 Å². The highest BCUT2D eigenvalue weighted by molar-refractivity contribution is 5.94. The van der Waals surface area contributed by atoms with Crippen molar-refractivity contribution in [3.63, 3.8) is 0 Å². The van der Waals surface area contributed by atoms with E-state index in [1.165, 1.54) is 6.92 Å². The fourth-order valence-corrected chi connectivity index (χ4v) is 2.28. The number of aliphatic carboxylic acids is 1. The zero-order chi connectivity index (χ0) is 23.6. The van der Waals surface area contributed by atoms with Crippen LogP contribution in [0.4, 0.5) is 0 Å². The van der Waals surface area contributed by atoms with Gasteiger partial charge in [0.1, 0.15) is 24.2 Å². The molecule has 0 saturated carbocycles. The van der Waals surface area contributed by atoms with E-state index in [0.29, 0.717) is 0 Å². The van der Waals surface area contributed by atoms with Gasteiger partial charge in [-0.05, 0) is 19.3 Å². The number of rotatable bonds is 13. The van der Waals surface area contributed by atoms with Crippen LogP contribution in [0.3, 0.4) is 0 Å². The lowest BCUT2D eigenvalue weighted by Crippen LogP contribution is -2.59. The highest BCUT2D eigenvalue weighted by Gasteiger charge is 2.32. The van der Waals surface area contributed by atoms with E-state index in [-0.39, 0.29) is 12.8 Å². The Morgan fingerprint density at radius 1 is 0.900 bits per heavy atom. The van der Waals surface area contributed by atoms with E-state index in [2.05, 4.69) is 16.0 Å². The number of primary amides is 1. The van der Waals surface area contributed by atoms with E-state index >= 15 is 0 Å². The maximum atomic E-state index is 12.7. The number of hydrogen-bond donors (Lipinski definition) is 8. The average molecular weight is 433 g/mol. The summed E-state index contributed by atoms with van der Waals surface area (Å²) < 4.78 is 0. The van der Waals surface area contributed by atoms with Crippen molar-refractivity contribution in [3.05, 3.63) is 0 Å². The van der Waals surface area contributed by atoms with Crippen LogP contribution in [0.5, 0.6) is 0 Å². The highest BCUT2D eigenvalue weighted by atomic mass is 16.4. The molecule has 0 aliphatic rings. The van der Waals surface area contributed by atoms with Crippen molar-refractivity contribution < 1.29 is 39.3 Å². The predicted molar refractivity (Wildman–Crippen MR) is 103 cm³/mol. The fraction of sp³-hybridized carbons (Fsp3) is 0.706. The third kappa shape index (κ3) is 9.15. The molecule has 4 amide bonds. The second-order valence-electron chi connectivity index (χ2n) is 7.14. The van der Waals surface area contributed by atoms with Crippen molar-refractivity contribution >= 4 is 29.6 Å². The summed E-state index contributed by atoms with van der Waals surface area (Å²) in [7, 11) is 0. The third-order valence-corrected chi connectivity index (χ3v) is 4.18. The molecule has 0 aliphatic carbocycles. The average Bonchev–Trinajstić information content (AvgIpc) is 2.65. The summed E-state index contributed by atoms with van der Waals surface area (Å²) in [5.41, 5.74) is 10.6. The monoisotopic (exact) mass is 433 g/mol. The van der Waals surface area contributed by atoms with E-state index in [9.17, 15) is 29.1 Å². The number of carbonyl (C=O) groups is 5. The second kappa shape index (κ2) is 12.7. The Bertz CT molecular complexity index is 640. The van der Waals surface area contributed by atoms with Crippen LogP contribution in [-0.2, 0) is 24.0 Å². The topological polar surface area (TPSA) is 234 Å². The molecule has 0 aliphatic heterocycles. The Kier molecular flexibility index (Phi) is 11.5. The molecule has 5 atom stereocenters. The number of carboxylic acids is 1. The minimum atomic E-state index is -1.56. The lowest BCUT2D eigenvalue weighted by atomic mass is 10.0. The lowest BCUT2D eigenvalue weighted by molar-refractivity contribution is -0.143. The summed E-state index contributed by atoms with van der Waals surface area (Å²) >= 11 is 0. The Balaban J connectivity index is 5.41. The van der Waals surface area contributed by atoms with Gasteiger partial charge < -0.3 is 42.7 Å². The van der Waals surface area contributed by atoms with Gasteiger partial charge in [-0.1, -0.05) is 13.8 Å². The molecule has 13 nitrogen and oxygen atoms in total. The van der Waals surface area contributed by atoms with Gasteiger partial charge in [0.2, 0.25) is 23.6 Å². The van der Waals surface area contributed by atoms with Gasteiger partial charge in [-0.3, -0.25) is 19.2 Å². The largest absolute Gasteiger partial charge is 0.480 e. The molecule has 0 spiro atoms. The number of carbonyl (C=O) groups excluding carboxylic acids is 4. The molecule has 0 aromatic rings. The molecule has 0 bridgehead atoms. The minimum absolute atomic E-state index is 0.194. The van der Waals surface area contributed by atoms with Crippen LogP contribution in [0.15, 0.2) is 0 Å². The summed E-state index contributed by atoms with van der Waals surface area (Å²) in [5, 5.41) is 34.2. The number of aliphatic hydroxyl groups is 2. The predicted octanol–water partition coefficient (Wildman–Crippen LogP) is -3.85. The summed E-state index contributed by atoms with van der Waals surface area (Å²) in [5.74, 6) is -5.24. The third-order valence-electron chi connectivity index (χ3n) is 4.18. The SMILES string of the molecule is CC(C)C(NC(=O)C(CCC(N)=O)NC(=O)C(N)C(C)O)C(=O)NC(CO)C(=O)O. The Hall–Kier alpha value is -2.77. The first kappa shape index (κ1) is 27.2. The number of nitrogens with one attached hydrogen (secondary N) is 3. The number of hydrogen-bond acceptors (Lipinski definition) is 8. The van der Waals surface area contributed by atoms with Gasteiger partial charge in [0.15, 0.2) is 0 Å². The standard InChI is InChI=1S/C17H31N5O8/c1-7(2)13(16(28)21-10(6-23)17(29)30)22-14(26)9(4-5-11(18)25)20-15(27)12(19)8(3)24/h7-10,12-13,23-24H,4-6,19H2,1-3H3,(H2,18,25)(H,20,27)(H,21,28)(H,22,26)(H,29,30). The van der Waals surface area contributed by atoms with Crippen molar-refractivity contribution in [1.29, 1.82) is 0 Å². The van der Waals surface area contributed by atoms with Gasteiger partial charge >= 0.3 is 5.97 Å². The molecule has 0 heterocycles. The Morgan fingerprint density at radius 2 is 1.43 bits per heavy atom. The number of carboxylic acid groups (broad SMARTS) is 1. The van der Waals surface area contributed by atoms with E-state index < -0.39 is 72.4 Å². The number of aliphatic hydroxyl groups excluding tert-OH is 2. The van der Waals surface area contributed by atoms with Crippen LogP contribution < -0.4 is 27.4 Å². The van der Waals surface area contributed by atoms with Gasteiger partial charge in [-0.25, -0.2) is 4.79 Å². The van der Waals surface area contributed by atoms with Crippen LogP contribution >= 0.6 is 0 Å². The van der Waals surface area contributed by atoms with Gasteiger partial charge in [-0.15, -0.1) is 0 Å². The van der Waals surface area contributed by atoms with Crippen LogP contribution in [0.2, 0.25) is 0 Å². The molecule has 10 N–H and O–H groups in total. The molecule has 0 fully saturated rings. The zero-order valence-electron chi connectivity index (χ0n) is 17.1. The molecule has 0 saturated heterocycles. The summed E-state index contributed by atoms with van der Waals surface area (Å²) in [4.78, 5) is 59.2. The zero-order valence-corrected chi connectivity index (χ0v) is 17.1. The second-order valence-corrected chi connectivity index (χ2v) is 7.14. The van der Waals surface area contributed by atoms with Gasteiger partial charge in [0, 0.05) is 6.42 Å². The van der Waals surface area contributed by atoms with Crippen molar-refractivity contribution in [2.75, 3.05) is 6.61 Å². The molecule has 5 unspecified atom stereocenters. The van der Waals surface area contributed by atoms with Crippen LogP contribution in [0, 0.1) is 5.92 Å².